The van der Waals surface area contributed by atoms with Gasteiger partial charge in [0.25, 0.3) is 5.91 Å². The van der Waals surface area contributed by atoms with Crippen molar-refractivity contribution < 1.29 is 14.3 Å². The number of amides is 1. The van der Waals surface area contributed by atoms with Gasteiger partial charge in [-0.1, -0.05) is 12.1 Å². The SMILES string of the molecule is COc1cc(OC)cc(C(=O)Nc2ccccc2SC)c1. The zero-order chi connectivity index (χ0) is 15.2. The average molecular weight is 303 g/mol. The van der Waals surface area contributed by atoms with Gasteiger partial charge in [0.1, 0.15) is 11.5 Å². The number of rotatable bonds is 5. The van der Waals surface area contributed by atoms with Crippen molar-refractivity contribution in [3.63, 3.8) is 0 Å². The molecule has 1 N–H and O–H groups in total. The van der Waals surface area contributed by atoms with Crippen LogP contribution in [0.2, 0.25) is 0 Å². The summed E-state index contributed by atoms with van der Waals surface area (Å²) >= 11 is 1.58. The predicted molar refractivity (Wildman–Crippen MR) is 85.7 cm³/mol. The molecule has 0 aliphatic heterocycles. The van der Waals surface area contributed by atoms with Gasteiger partial charge in [0, 0.05) is 16.5 Å². The van der Waals surface area contributed by atoms with E-state index in [1.54, 1.807) is 44.2 Å². The molecule has 4 nitrogen and oxygen atoms in total. The maximum Gasteiger partial charge on any atom is 0.255 e. The predicted octanol–water partition coefficient (Wildman–Crippen LogP) is 3.68. The number of para-hydroxylation sites is 1. The van der Waals surface area contributed by atoms with E-state index in [0.717, 1.165) is 10.6 Å². The summed E-state index contributed by atoms with van der Waals surface area (Å²) in [5.74, 6) is 0.962. The molecule has 2 aromatic carbocycles. The molecule has 1 amide bonds. The number of carbonyl (C=O) groups is 1. The molecule has 0 aliphatic rings. The first kappa shape index (κ1) is 15.3. The molecule has 0 fully saturated rings. The Labute approximate surface area is 128 Å². The zero-order valence-electron chi connectivity index (χ0n) is 12.2. The van der Waals surface area contributed by atoms with E-state index < -0.39 is 0 Å². The summed E-state index contributed by atoms with van der Waals surface area (Å²) in [6.45, 7) is 0. The molecule has 21 heavy (non-hydrogen) atoms. The lowest BCUT2D eigenvalue weighted by Gasteiger charge is -2.11. The number of hydrogen-bond donors (Lipinski definition) is 1. The Hall–Kier alpha value is -2.14. The molecule has 0 aliphatic carbocycles. The van der Waals surface area contributed by atoms with Crippen molar-refractivity contribution in [1.82, 2.24) is 0 Å². The number of hydrogen-bond acceptors (Lipinski definition) is 4. The van der Waals surface area contributed by atoms with Gasteiger partial charge in [-0.05, 0) is 30.5 Å². The average Bonchev–Trinajstić information content (AvgIpc) is 2.54. The molecule has 0 saturated heterocycles. The van der Waals surface area contributed by atoms with Crippen LogP contribution >= 0.6 is 11.8 Å². The van der Waals surface area contributed by atoms with Crippen LogP contribution in [-0.4, -0.2) is 26.4 Å². The summed E-state index contributed by atoms with van der Waals surface area (Å²) in [6, 6.07) is 12.8. The van der Waals surface area contributed by atoms with E-state index in [-0.39, 0.29) is 5.91 Å². The largest absolute Gasteiger partial charge is 0.497 e. The van der Waals surface area contributed by atoms with Gasteiger partial charge in [-0.15, -0.1) is 11.8 Å². The van der Waals surface area contributed by atoms with E-state index in [1.165, 1.54) is 0 Å². The molecule has 0 unspecified atom stereocenters. The second-order valence-electron chi connectivity index (χ2n) is 4.26. The highest BCUT2D eigenvalue weighted by atomic mass is 32.2. The Morgan fingerprint density at radius 2 is 1.67 bits per heavy atom. The van der Waals surface area contributed by atoms with Crippen molar-refractivity contribution >= 4 is 23.4 Å². The first-order chi connectivity index (χ1) is 10.2. The molecule has 0 atom stereocenters. The van der Waals surface area contributed by atoms with Gasteiger partial charge in [0.05, 0.1) is 19.9 Å². The minimum absolute atomic E-state index is 0.200. The van der Waals surface area contributed by atoms with Crippen LogP contribution < -0.4 is 14.8 Å². The normalized spacial score (nSPS) is 10.0. The summed E-state index contributed by atoms with van der Waals surface area (Å²) in [5, 5.41) is 2.91. The van der Waals surface area contributed by atoms with Crippen molar-refractivity contribution in [3.05, 3.63) is 48.0 Å². The topological polar surface area (TPSA) is 47.6 Å². The number of thioether (sulfide) groups is 1. The minimum Gasteiger partial charge on any atom is -0.497 e. The molecular weight excluding hydrogens is 286 g/mol. The van der Waals surface area contributed by atoms with Gasteiger partial charge in [-0.2, -0.15) is 0 Å². The zero-order valence-corrected chi connectivity index (χ0v) is 13.0. The minimum atomic E-state index is -0.200. The van der Waals surface area contributed by atoms with Crippen molar-refractivity contribution in [3.8, 4) is 11.5 Å². The lowest BCUT2D eigenvalue weighted by atomic mass is 10.2. The second kappa shape index (κ2) is 7.04. The van der Waals surface area contributed by atoms with E-state index in [0.29, 0.717) is 17.1 Å². The Morgan fingerprint density at radius 3 is 2.24 bits per heavy atom. The number of methoxy groups -OCH3 is 2. The molecule has 0 radical (unpaired) electrons. The standard InChI is InChI=1S/C16H17NO3S/c1-19-12-8-11(9-13(10-12)20-2)16(18)17-14-6-4-5-7-15(14)21-3/h4-10H,1-3H3,(H,17,18). The molecule has 110 valence electrons. The van der Waals surface area contributed by atoms with Crippen LogP contribution in [0.4, 0.5) is 5.69 Å². The quantitative estimate of drug-likeness (QED) is 0.856. The van der Waals surface area contributed by atoms with Crippen molar-refractivity contribution in [2.24, 2.45) is 0 Å². The number of nitrogens with one attached hydrogen (secondary N) is 1. The second-order valence-corrected chi connectivity index (χ2v) is 5.10. The highest BCUT2D eigenvalue weighted by molar-refractivity contribution is 7.98. The third-order valence-corrected chi connectivity index (χ3v) is 3.76. The first-order valence-electron chi connectivity index (χ1n) is 6.35. The monoisotopic (exact) mass is 303 g/mol. The van der Waals surface area contributed by atoms with Crippen LogP contribution in [0.3, 0.4) is 0 Å². The highest BCUT2D eigenvalue weighted by Gasteiger charge is 2.11. The van der Waals surface area contributed by atoms with E-state index in [2.05, 4.69) is 5.32 Å². The molecule has 0 bridgehead atoms. The van der Waals surface area contributed by atoms with Gasteiger partial charge in [0.15, 0.2) is 0 Å². The fraction of sp³-hybridized carbons (Fsp3) is 0.188. The third kappa shape index (κ3) is 3.70. The maximum atomic E-state index is 12.4. The van der Waals surface area contributed by atoms with Gasteiger partial charge >= 0.3 is 0 Å². The summed E-state index contributed by atoms with van der Waals surface area (Å²) < 4.78 is 10.4. The van der Waals surface area contributed by atoms with E-state index >= 15 is 0 Å². The molecule has 2 aromatic rings. The Morgan fingerprint density at radius 1 is 1.05 bits per heavy atom. The molecular formula is C16H17NO3S. The molecule has 0 saturated carbocycles. The number of carbonyl (C=O) groups excluding carboxylic acids is 1. The lowest BCUT2D eigenvalue weighted by Crippen LogP contribution is -2.12. The number of anilines is 1. The lowest BCUT2D eigenvalue weighted by molar-refractivity contribution is 0.102. The number of ether oxygens (including phenoxy) is 2. The fourth-order valence-electron chi connectivity index (χ4n) is 1.88. The number of benzene rings is 2. The Bertz CT molecular complexity index is 621. The van der Waals surface area contributed by atoms with E-state index in [4.69, 9.17) is 9.47 Å². The van der Waals surface area contributed by atoms with Gasteiger partial charge in [0.2, 0.25) is 0 Å². The molecule has 0 spiro atoms. The van der Waals surface area contributed by atoms with Gasteiger partial charge in [-0.25, -0.2) is 0 Å². The summed E-state index contributed by atoms with van der Waals surface area (Å²) in [7, 11) is 3.11. The molecule has 5 heteroatoms. The van der Waals surface area contributed by atoms with Crippen LogP contribution in [0.25, 0.3) is 0 Å². The third-order valence-electron chi connectivity index (χ3n) is 2.97. The first-order valence-corrected chi connectivity index (χ1v) is 7.58. The van der Waals surface area contributed by atoms with Crippen molar-refractivity contribution in [1.29, 1.82) is 0 Å². The van der Waals surface area contributed by atoms with Crippen LogP contribution in [0.5, 0.6) is 11.5 Å². The van der Waals surface area contributed by atoms with Crippen LogP contribution in [-0.2, 0) is 0 Å². The smallest absolute Gasteiger partial charge is 0.255 e. The van der Waals surface area contributed by atoms with Crippen molar-refractivity contribution in [2.45, 2.75) is 4.90 Å². The van der Waals surface area contributed by atoms with E-state index in [1.807, 2.05) is 30.5 Å². The fourth-order valence-corrected chi connectivity index (χ4v) is 2.43. The Kier molecular flexibility index (Phi) is 5.11. The van der Waals surface area contributed by atoms with Gasteiger partial charge < -0.3 is 14.8 Å². The van der Waals surface area contributed by atoms with E-state index in [9.17, 15) is 4.79 Å². The van der Waals surface area contributed by atoms with Gasteiger partial charge in [-0.3, -0.25) is 4.79 Å². The Balaban J connectivity index is 2.28. The van der Waals surface area contributed by atoms with Crippen LogP contribution in [0, 0.1) is 0 Å². The molecule has 0 aromatic heterocycles. The van der Waals surface area contributed by atoms with Crippen LogP contribution in [0.15, 0.2) is 47.4 Å². The molecule has 2 rings (SSSR count). The summed E-state index contributed by atoms with van der Waals surface area (Å²) in [4.78, 5) is 13.4. The summed E-state index contributed by atoms with van der Waals surface area (Å²) in [6.07, 6.45) is 1.97. The summed E-state index contributed by atoms with van der Waals surface area (Å²) in [5.41, 5.74) is 1.28. The van der Waals surface area contributed by atoms with Crippen molar-refractivity contribution in [2.75, 3.05) is 25.8 Å². The highest BCUT2D eigenvalue weighted by Crippen LogP contribution is 2.27. The molecule has 0 heterocycles. The van der Waals surface area contributed by atoms with Crippen LogP contribution in [0.1, 0.15) is 10.4 Å². The maximum absolute atomic E-state index is 12.4.